The van der Waals surface area contributed by atoms with E-state index < -0.39 is 0 Å². The van der Waals surface area contributed by atoms with Crippen molar-refractivity contribution >= 4 is 5.69 Å². The fraction of sp³-hybridized carbons (Fsp3) is 0.625. The van der Waals surface area contributed by atoms with Gasteiger partial charge in [0.2, 0.25) is 0 Å². The monoisotopic (exact) mass is 262 g/mol. The maximum atomic E-state index is 5.50. The summed E-state index contributed by atoms with van der Waals surface area (Å²) in [6, 6.07) is 5.53. The molecule has 2 atom stereocenters. The van der Waals surface area contributed by atoms with Crippen LogP contribution in [0.2, 0.25) is 0 Å². The van der Waals surface area contributed by atoms with E-state index in [-0.39, 0.29) is 0 Å². The van der Waals surface area contributed by atoms with Crippen molar-refractivity contribution in [2.75, 3.05) is 26.0 Å². The third-order valence-corrected chi connectivity index (χ3v) is 4.37. The molecule has 1 aromatic rings. The van der Waals surface area contributed by atoms with Gasteiger partial charge in [0.05, 0.1) is 7.11 Å². The van der Waals surface area contributed by atoms with E-state index in [1.54, 1.807) is 7.11 Å². The lowest BCUT2D eigenvalue weighted by Gasteiger charge is -2.36. The molecule has 3 nitrogen and oxygen atoms in total. The van der Waals surface area contributed by atoms with Crippen LogP contribution in [0.4, 0.5) is 5.69 Å². The van der Waals surface area contributed by atoms with Crippen LogP contribution >= 0.6 is 0 Å². The molecule has 106 valence electrons. The minimum atomic E-state index is 0.567. The van der Waals surface area contributed by atoms with Crippen molar-refractivity contribution in [3.05, 3.63) is 23.3 Å². The van der Waals surface area contributed by atoms with Crippen LogP contribution < -0.4 is 10.1 Å². The number of anilines is 1. The number of hydrogen-bond acceptors (Lipinski definition) is 3. The molecule has 0 bridgehead atoms. The Labute approximate surface area is 116 Å². The summed E-state index contributed by atoms with van der Waals surface area (Å²) in [6.07, 6.45) is 2.41. The topological polar surface area (TPSA) is 24.5 Å². The summed E-state index contributed by atoms with van der Waals surface area (Å²) < 4.78 is 5.50. The standard InChI is InChI=1S/C16H26N2O/c1-11-6-7-15(13(3)16(11)19-5)17-14-8-9-18(4)12(2)10-14/h6-7,12,14,17H,8-10H2,1-5H3. The molecule has 0 radical (unpaired) electrons. The smallest absolute Gasteiger partial charge is 0.126 e. The van der Waals surface area contributed by atoms with E-state index in [0.29, 0.717) is 12.1 Å². The van der Waals surface area contributed by atoms with E-state index >= 15 is 0 Å². The van der Waals surface area contributed by atoms with Crippen molar-refractivity contribution in [2.24, 2.45) is 0 Å². The molecule has 0 aliphatic carbocycles. The normalized spacial score (nSPS) is 24.3. The fourth-order valence-electron chi connectivity index (χ4n) is 2.94. The zero-order valence-electron chi connectivity index (χ0n) is 12.8. The third-order valence-electron chi connectivity index (χ3n) is 4.37. The molecule has 0 spiro atoms. The lowest BCUT2D eigenvalue weighted by Crippen LogP contribution is -2.42. The summed E-state index contributed by atoms with van der Waals surface area (Å²) in [7, 11) is 3.96. The Morgan fingerprint density at radius 2 is 2.05 bits per heavy atom. The Balaban J connectivity index is 2.11. The summed E-state index contributed by atoms with van der Waals surface area (Å²) in [4.78, 5) is 2.43. The van der Waals surface area contributed by atoms with E-state index in [1.165, 1.54) is 36.2 Å². The first-order valence-electron chi connectivity index (χ1n) is 7.14. The first kappa shape index (κ1) is 14.2. The van der Waals surface area contributed by atoms with Crippen LogP contribution in [0.5, 0.6) is 5.75 Å². The zero-order valence-corrected chi connectivity index (χ0v) is 12.8. The van der Waals surface area contributed by atoms with Gasteiger partial charge in [0.15, 0.2) is 0 Å². The Morgan fingerprint density at radius 1 is 1.32 bits per heavy atom. The van der Waals surface area contributed by atoms with E-state index in [2.05, 4.69) is 50.2 Å². The minimum Gasteiger partial charge on any atom is -0.496 e. The number of nitrogens with zero attached hydrogens (tertiary/aromatic N) is 1. The number of methoxy groups -OCH3 is 1. The van der Waals surface area contributed by atoms with Gasteiger partial charge in [-0.2, -0.15) is 0 Å². The van der Waals surface area contributed by atoms with E-state index in [9.17, 15) is 0 Å². The van der Waals surface area contributed by atoms with Gasteiger partial charge < -0.3 is 15.0 Å². The fourth-order valence-corrected chi connectivity index (χ4v) is 2.94. The number of rotatable bonds is 3. The van der Waals surface area contributed by atoms with Gasteiger partial charge in [0, 0.05) is 29.9 Å². The van der Waals surface area contributed by atoms with Crippen molar-refractivity contribution in [2.45, 2.75) is 45.7 Å². The molecule has 19 heavy (non-hydrogen) atoms. The Bertz CT molecular complexity index is 445. The van der Waals surface area contributed by atoms with Gasteiger partial charge in [-0.05, 0) is 52.3 Å². The van der Waals surface area contributed by atoms with Gasteiger partial charge in [0.25, 0.3) is 0 Å². The highest BCUT2D eigenvalue weighted by atomic mass is 16.5. The zero-order chi connectivity index (χ0) is 14.0. The molecule has 3 heteroatoms. The van der Waals surface area contributed by atoms with Crippen LogP contribution in [0.1, 0.15) is 30.9 Å². The highest BCUT2D eigenvalue weighted by Crippen LogP contribution is 2.30. The largest absolute Gasteiger partial charge is 0.496 e. The molecular weight excluding hydrogens is 236 g/mol. The summed E-state index contributed by atoms with van der Waals surface area (Å²) >= 11 is 0. The second kappa shape index (κ2) is 5.83. The molecule has 1 aromatic carbocycles. The number of hydrogen-bond donors (Lipinski definition) is 1. The Hall–Kier alpha value is -1.22. The molecule has 0 amide bonds. The Kier molecular flexibility index (Phi) is 4.35. The maximum absolute atomic E-state index is 5.50. The van der Waals surface area contributed by atoms with Crippen LogP contribution in [0, 0.1) is 13.8 Å². The molecule has 1 aliphatic heterocycles. The highest BCUT2D eigenvalue weighted by molar-refractivity contribution is 5.60. The lowest BCUT2D eigenvalue weighted by molar-refractivity contribution is 0.190. The highest BCUT2D eigenvalue weighted by Gasteiger charge is 2.23. The van der Waals surface area contributed by atoms with Gasteiger partial charge >= 0.3 is 0 Å². The summed E-state index contributed by atoms with van der Waals surface area (Å²) in [5.74, 6) is 1.01. The van der Waals surface area contributed by atoms with Crippen molar-refractivity contribution in [3.8, 4) is 5.75 Å². The van der Waals surface area contributed by atoms with Crippen LogP contribution in [0.25, 0.3) is 0 Å². The number of nitrogens with one attached hydrogen (secondary N) is 1. The van der Waals surface area contributed by atoms with Crippen molar-refractivity contribution < 1.29 is 4.74 Å². The van der Waals surface area contributed by atoms with Crippen molar-refractivity contribution in [1.82, 2.24) is 4.90 Å². The average Bonchev–Trinajstić information content (AvgIpc) is 2.38. The van der Waals surface area contributed by atoms with Crippen molar-refractivity contribution in [1.29, 1.82) is 0 Å². The molecule has 0 saturated carbocycles. The van der Waals surface area contributed by atoms with Gasteiger partial charge in [-0.25, -0.2) is 0 Å². The Morgan fingerprint density at radius 3 is 2.68 bits per heavy atom. The molecule has 1 aliphatic rings. The van der Waals surface area contributed by atoms with E-state index in [0.717, 1.165) is 5.75 Å². The molecule has 1 heterocycles. The summed E-state index contributed by atoms with van der Waals surface area (Å²) in [5.41, 5.74) is 3.63. The molecule has 1 fully saturated rings. The average molecular weight is 262 g/mol. The molecule has 2 unspecified atom stereocenters. The van der Waals surface area contributed by atoms with Gasteiger partial charge in [-0.1, -0.05) is 6.07 Å². The van der Waals surface area contributed by atoms with Crippen LogP contribution in [-0.4, -0.2) is 37.7 Å². The minimum absolute atomic E-state index is 0.567. The first-order valence-corrected chi connectivity index (χ1v) is 7.14. The number of benzene rings is 1. The third kappa shape index (κ3) is 3.03. The van der Waals surface area contributed by atoms with Crippen LogP contribution in [0.15, 0.2) is 12.1 Å². The molecule has 0 aromatic heterocycles. The van der Waals surface area contributed by atoms with Crippen LogP contribution in [0.3, 0.4) is 0 Å². The molecular formula is C16H26N2O. The van der Waals surface area contributed by atoms with Gasteiger partial charge in [0.1, 0.15) is 5.75 Å². The SMILES string of the molecule is COc1c(C)ccc(NC2CCN(C)C(C)C2)c1C. The van der Waals surface area contributed by atoms with Crippen molar-refractivity contribution in [3.63, 3.8) is 0 Å². The maximum Gasteiger partial charge on any atom is 0.126 e. The summed E-state index contributed by atoms with van der Waals surface area (Å²) in [5, 5.41) is 3.70. The number of likely N-dealkylation sites (tertiary alicyclic amines) is 1. The first-order chi connectivity index (χ1) is 9.02. The molecule has 1 N–H and O–H groups in total. The lowest BCUT2D eigenvalue weighted by atomic mass is 9.98. The number of aryl methyl sites for hydroxylation is 1. The molecule has 1 saturated heterocycles. The van der Waals surface area contributed by atoms with Crippen LogP contribution in [-0.2, 0) is 0 Å². The second-order valence-electron chi connectivity index (χ2n) is 5.78. The molecule has 2 rings (SSSR count). The number of piperidine rings is 1. The predicted octanol–water partition coefficient (Wildman–Crippen LogP) is 3.21. The summed E-state index contributed by atoms with van der Waals surface area (Å²) in [6.45, 7) is 7.69. The predicted molar refractivity (Wildman–Crippen MR) is 81.2 cm³/mol. The van der Waals surface area contributed by atoms with E-state index in [4.69, 9.17) is 4.74 Å². The van der Waals surface area contributed by atoms with Gasteiger partial charge in [-0.15, -0.1) is 0 Å². The quantitative estimate of drug-likeness (QED) is 0.905. The number of ether oxygens (including phenoxy) is 1. The van der Waals surface area contributed by atoms with E-state index in [1.807, 2.05) is 0 Å². The van der Waals surface area contributed by atoms with Gasteiger partial charge in [-0.3, -0.25) is 0 Å². The second-order valence-corrected chi connectivity index (χ2v) is 5.78.